The van der Waals surface area contributed by atoms with Gasteiger partial charge >= 0.3 is 0 Å². The van der Waals surface area contributed by atoms with Crippen molar-refractivity contribution in [3.05, 3.63) is 58.1 Å². The predicted molar refractivity (Wildman–Crippen MR) is 98.5 cm³/mol. The van der Waals surface area contributed by atoms with Crippen molar-refractivity contribution in [3.63, 3.8) is 0 Å². The van der Waals surface area contributed by atoms with Gasteiger partial charge < -0.3 is 9.47 Å². The van der Waals surface area contributed by atoms with Crippen LogP contribution in [0, 0.1) is 12.3 Å². The van der Waals surface area contributed by atoms with Crippen molar-refractivity contribution in [3.8, 4) is 23.8 Å². The number of ether oxygens (including phenoxy) is 2. The molecule has 0 radical (unpaired) electrons. The molecule has 0 aromatic heterocycles. The van der Waals surface area contributed by atoms with Crippen LogP contribution in [0.2, 0.25) is 10.0 Å². The first kappa shape index (κ1) is 18.7. The summed E-state index contributed by atoms with van der Waals surface area (Å²) in [5.41, 5.74) is 3.04. The molecular formula is C18H14Cl2N2O3. The molecule has 0 bridgehead atoms. The van der Waals surface area contributed by atoms with Crippen LogP contribution in [0.5, 0.6) is 11.5 Å². The second kappa shape index (κ2) is 9.58. The number of hydrazone groups is 1. The lowest BCUT2D eigenvalue weighted by Gasteiger charge is -2.07. The second-order valence-corrected chi connectivity index (χ2v) is 5.53. The van der Waals surface area contributed by atoms with E-state index in [-0.39, 0.29) is 13.2 Å². The highest BCUT2D eigenvalue weighted by molar-refractivity contribution is 6.35. The lowest BCUT2D eigenvalue weighted by molar-refractivity contribution is -0.123. The predicted octanol–water partition coefficient (Wildman–Crippen LogP) is 3.53. The monoisotopic (exact) mass is 376 g/mol. The van der Waals surface area contributed by atoms with Crippen molar-refractivity contribution < 1.29 is 14.3 Å². The van der Waals surface area contributed by atoms with Crippen LogP contribution in [-0.4, -0.2) is 25.3 Å². The molecule has 5 nitrogen and oxygen atoms in total. The summed E-state index contributed by atoms with van der Waals surface area (Å²) in [6, 6.07) is 11.9. The van der Waals surface area contributed by atoms with Gasteiger partial charge in [-0.1, -0.05) is 41.3 Å². The molecule has 0 aliphatic heterocycles. The van der Waals surface area contributed by atoms with Crippen LogP contribution in [0.25, 0.3) is 0 Å². The normalized spacial score (nSPS) is 10.3. The summed E-state index contributed by atoms with van der Waals surface area (Å²) in [7, 11) is 0. The van der Waals surface area contributed by atoms with Crippen LogP contribution in [0.15, 0.2) is 47.6 Å². The zero-order chi connectivity index (χ0) is 18.1. The van der Waals surface area contributed by atoms with Gasteiger partial charge in [-0.25, -0.2) is 5.43 Å². The number of para-hydroxylation sites is 1. The molecule has 0 heterocycles. The minimum absolute atomic E-state index is 0.146. The van der Waals surface area contributed by atoms with E-state index in [4.69, 9.17) is 39.1 Å². The Bertz CT molecular complexity index is 816. The molecule has 0 atom stereocenters. The molecule has 1 amide bonds. The number of nitrogens with zero attached hydrogens (tertiary/aromatic N) is 1. The van der Waals surface area contributed by atoms with E-state index in [2.05, 4.69) is 16.4 Å². The van der Waals surface area contributed by atoms with Crippen molar-refractivity contribution >= 4 is 35.3 Å². The number of amides is 1. The topological polar surface area (TPSA) is 59.9 Å². The van der Waals surface area contributed by atoms with Crippen LogP contribution >= 0.6 is 23.2 Å². The van der Waals surface area contributed by atoms with Crippen molar-refractivity contribution in [2.24, 2.45) is 5.10 Å². The first-order valence-corrected chi connectivity index (χ1v) is 7.91. The summed E-state index contributed by atoms with van der Waals surface area (Å²) in [5.74, 6) is 2.88. The average molecular weight is 377 g/mol. The lowest BCUT2D eigenvalue weighted by Crippen LogP contribution is -2.24. The Morgan fingerprint density at radius 1 is 1.20 bits per heavy atom. The molecule has 2 rings (SSSR count). The maximum atomic E-state index is 11.8. The van der Waals surface area contributed by atoms with Crippen LogP contribution in [0.1, 0.15) is 5.56 Å². The highest BCUT2D eigenvalue weighted by Crippen LogP contribution is 2.27. The molecule has 128 valence electrons. The van der Waals surface area contributed by atoms with Gasteiger partial charge in [0.15, 0.2) is 6.61 Å². The Hall–Kier alpha value is -2.68. The summed E-state index contributed by atoms with van der Waals surface area (Å²) >= 11 is 11.7. The SMILES string of the molecule is C#CCOc1ccccc1/C=N\NC(=O)COc1ccc(Cl)cc1Cl. The molecular weight excluding hydrogens is 363 g/mol. The van der Waals surface area contributed by atoms with E-state index in [0.29, 0.717) is 27.1 Å². The zero-order valence-electron chi connectivity index (χ0n) is 13.0. The maximum absolute atomic E-state index is 11.8. The number of halogens is 2. The van der Waals surface area contributed by atoms with Crippen LogP contribution in [0.4, 0.5) is 0 Å². The average Bonchev–Trinajstić information content (AvgIpc) is 2.60. The van der Waals surface area contributed by atoms with Gasteiger partial charge in [-0.05, 0) is 30.3 Å². The summed E-state index contributed by atoms with van der Waals surface area (Å²) in [4.78, 5) is 11.8. The van der Waals surface area contributed by atoms with E-state index in [0.717, 1.165) is 0 Å². The van der Waals surface area contributed by atoms with Crippen LogP contribution in [-0.2, 0) is 4.79 Å². The fourth-order valence-electron chi connectivity index (χ4n) is 1.78. The van der Waals surface area contributed by atoms with Gasteiger partial charge in [0.05, 0.1) is 11.2 Å². The highest BCUT2D eigenvalue weighted by atomic mass is 35.5. The highest BCUT2D eigenvalue weighted by Gasteiger charge is 2.06. The number of hydrogen-bond donors (Lipinski definition) is 1. The molecule has 0 fully saturated rings. The molecule has 0 spiro atoms. The molecule has 1 N–H and O–H groups in total. The molecule has 2 aromatic carbocycles. The van der Waals surface area contributed by atoms with E-state index in [1.165, 1.54) is 12.3 Å². The van der Waals surface area contributed by atoms with E-state index >= 15 is 0 Å². The molecule has 2 aromatic rings. The van der Waals surface area contributed by atoms with Gasteiger partial charge in [0.1, 0.15) is 18.1 Å². The number of hydrogen-bond acceptors (Lipinski definition) is 4. The molecule has 0 aliphatic carbocycles. The van der Waals surface area contributed by atoms with E-state index < -0.39 is 5.91 Å². The minimum Gasteiger partial charge on any atom is -0.482 e. The Morgan fingerprint density at radius 2 is 2.00 bits per heavy atom. The fraction of sp³-hybridized carbons (Fsp3) is 0.111. The standard InChI is InChI=1S/C18H14Cl2N2O3/c1-2-9-24-16-6-4-3-5-13(16)11-21-22-18(23)12-25-17-8-7-14(19)10-15(17)20/h1,3-8,10-11H,9,12H2,(H,22,23)/b21-11-. The Labute approximate surface area is 155 Å². The van der Waals surface area contributed by atoms with E-state index in [1.807, 2.05) is 12.1 Å². The van der Waals surface area contributed by atoms with Gasteiger partial charge in [-0.2, -0.15) is 5.10 Å². The smallest absolute Gasteiger partial charge is 0.277 e. The second-order valence-electron chi connectivity index (χ2n) is 4.69. The molecule has 0 aliphatic rings. The van der Waals surface area contributed by atoms with Gasteiger partial charge in [0, 0.05) is 10.6 Å². The van der Waals surface area contributed by atoms with Crippen LogP contribution < -0.4 is 14.9 Å². The number of terminal acetylenes is 1. The molecule has 0 saturated carbocycles. The molecule has 7 heteroatoms. The maximum Gasteiger partial charge on any atom is 0.277 e. The number of carbonyl (C=O) groups is 1. The van der Waals surface area contributed by atoms with Crippen molar-refractivity contribution in [2.75, 3.05) is 13.2 Å². The quantitative estimate of drug-likeness (QED) is 0.456. The number of nitrogens with one attached hydrogen (secondary N) is 1. The van der Waals surface area contributed by atoms with E-state index in [1.54, 1.807) is 24.3 Å². The first-order valence-electron chi connectivity index (χ1n) is 7.15. The number of benzene rings is 2. The summed E-state index contributed by atoms with van der Waals surface area (Å²) in [6.45, 7) is -0.0964. The van der Waals surface area contributed by atoms with Gasteiger partial charge in [0.25, 0.3) is 5.91 Å². The zero-order valence-corrected chi connectivity index (χ0v) is 14.6. The molecule has 0 saturated heterocycles. The Kier molecular flexibility index (Phi) is 7.15. The largest absolute Gasteiger partial charge is 0.482 e. The third-order valence-electron chi connectivity index (χ3n) is 2.88. The van der Waals surface area contributed by atoms with Gasteiger partial charge in [0.2, 0.25) is 0 Å². The van der Waals surface area contributed by atoms with Crippen molar-refractivity contribution in [1.82, 2.24) is 5.43 Å². The number of rotatable bonds is 7. The van der Waals surface area contributed by atoms with Crippen molar-refractivity contribution in [2.45, 2.75) is 0 Å². The fourth-order valence-corrected chi connectivity index (χ4v) is 2.24. The number of carbonyl (C=O) groups excluding carboxylic acids is 1. The van der Waals surface area contributed by atoms with Crippen LogP contribution in [0.3, 0.4) is 0 Å². The lowest BCUT2D eigenvalue weighted by atomic mass is 10.2. The van der Waals surface area contributed by atoms with Gasteiger partial charge in [-0.3, -0.25) is 4.79 Å². The molecule has 0 unspecified atom stereocenters. The summed E-state index contributed by atoms with van der Waals surface area (Å²) in [6.07, 6.45) is 6.63. The Balaban J connectivity index is 1.87. The molecule has 25 heavy (non-hydrogen) atoms. The Morgan fingerprint density at radius 3 is 2.76 bits per heavy atom. The first-order chi connectivity index (χ1) is 12.1. The van der Waals surface area contributed by atoms with Crippen molar-refractivity contribution in [1.29, 1.82) is 0 Å². The van der Waals surface area contributed by atoms with E-state index in [9.17, 15) is 4.79 Å². The minimum atomic E-state index is -0.440. The third-order valence-corrected chi connectivity index (χ3v) is 3.41. The summed E-state index contributed by atoms with van der Waals surface area (Å²) < 4.78 is 10.7. The van der Waals surface area contributed by atoms with Gasteiger partial charge in [-0.15, -0.1) is 6.42 Å². The summed E-state index contributed by atoms with van der Waals surface area (Å²) in [5, 5.41) is 4.67. The third kappa shape index (κ3) is 6.03.